The number of amides is 3. The fraction of sp³-hybridized carbons (Fsp3) is 0.429. The quantitative estimate of drug-likeness (QED) is 0.572. The van der Waals surface area contributed by atoms with Crippen molar-refractivity contribution in [3.63, 3.8) is 0 Å². The van der Waals surface area contributed by atoms with Crippen molar-refractivity contribution >= 4 is 24.0 Å². The zero-order chi connectivity index (χ0) is 14.9. The van der Waals surface area contributed by atoms with Gasteiger partial charge in [0, 0.05) is 5.57 Å². The fourth-order valence-corrected chi connectivity index (χ4v) is 2.33. The lowest BCUT2D eigenvalue weighted by Crippen LogP contribution is -2.54. The van der Waals surface area contributed by atoms with Gasteiger partial charge in [0.1, 0.15) is 12.0 Å². The van der Waals surface area contributed by atoms with E-state index in [-0.39, 0.29) is 12.5 Å². The van der Waals surface area contributed by atoms with Crippen LogP contribution in [-0.2, 0) is 9.53 Å². The molecule has 0 spiro atoms. The first-order valence-electron chi connectivity index (χ1n) is 6.47. The number of carbonyl (C=O) groups excluding carboxylic acids is 2. The van der Waals surface area contributed by atoms with E-state index in [1.807, 2.05) is 13.8 Å². The minimum atomic E-state index is -0.650. The molecule has 0 radical (unpaired) electrons. The first kappa shape index (κ1) is 14.2. The highest BCUT2D eigenvalue weighted by molar-refractivity contribution is 6.16. The second kappa shape index (κ2) is 5.40. The summed E-state index contributed by atoms with van der Waals surface area (Å²) in [6.07, 6.45) is 3.15. The van der Waals surface area contributed by atoms with E-state index in [1.165, 1.54) is 10.7 Å². The maximum absolute atomic E-state index is 12.6. The van der Waals surface area contributed by atoms with Gasteiger partial charge < -0.3 is 4.74 Å². The molecule has 6 heteroatoms. The third-order valence-corrected chi connectivity index (χ3v) is 3.29. The Kier molecular flexibility index (Phi) is 3.83. The number of aliphatic imine (C=N–C) groups is 1. The van der Waals surface area contributed by atoms with Gasteiger partial charge in [-0.15, -0.1) is 4.99 Å². The molecule has 1 unspecified atom stereocenters. The van der Waals surface area contributed by atoms with Gasteiger partial charge in [-0.1, -0.05) is 12.7 Å². The predicted octanol–water partition coefficient (Wildman–Crippen LogP) is 1.19. The van der Waals surface area contributed by atoms with Crippen LogP contribution < -0.4 is 0 Å². The molecule has 6 nitrogen and oxygen atoms in total. The molecule has 3 amide bonds. The number of fused-ring (bicyclic) bond motifs is 1. The molecule has 2 heterocycles. The largest absolute Gasteiger partial charge is 0.496 e. The first-order chi connectivity index (χ1) is 9.52. The first-order valence-corrected chi connectivity index (χ1v) is 6.47. The fourth-order valence-electron chi connectivity index (χ4n) is 2.33. The lowest BCUT2D eigenvalue weighted by Gasteiger charge is -2.28. The lowest BCUT2D eigenvalue weighted by molar-refractivity contribution is -0.408. The van der Waals surface area contributed by atoms with E-state index in [9.17, 15) is 9.59 Å². The number of carbonyl (C=O) groups is 2. The van der Waals surface area contributed by atoms with Crippen LogP contribution >= 0.6 is 0 Å². The normalized spacial score (nSPS) is 22.4. The van der Waals surface area contributed by atoms with E-state index < -0.39 is 11.9 Å². The summed E-state index contributed by atoms with van der Waals surface area (Å²) in [4.78, 5) is 30.1. The molecule has 0 aromatic heterocycles. The number of hydrogen-bond acceptors (Lipinski definition) is 4. The lowest BCUT2D eigenvalue weighted by atomic mass is 9.96. The molecule has 2 rings (SSSR count). The van der Waals surface area contributed by atoms with Crippen molar-refractivity contribution in [1.29, 1.82) is 0 Å². The van der Waals surface area contributed by atoms with Gasteiger partial charge in [-0.3, -0.25) is 4.79 Å². The summed E-state index contributed by atoms with van der Waals surface area (Å²) in [5.74, 6) is 0.00974. The molecule has 2 aliphatic rings. The molecule has 0 fully saturated rings. The molecule has 0 aromatic rings. The standard InChI is InChI=1S/C14H18N3O3/c1-5-7-17-13(18)10-11(20-6-2)9(3)8-15-12(10)16(4)14(17)19/h5,8,10H,1,6-7H2,2-4H3/q+1. The van der Waals surface area contributed by atoms with Crippen LogP contribution in [0.4, 0.5) is 4.79 Å². The molecule has 1 atom stereocenters. The Hall–Kier alpha value is -2.24. The number of hydrogen-bond donors (Lipinski definition) is 0. The van der Waals surface area contributed by atoms with Crippen LogP contribution in [0.5, 0.6) is 0 Å². The molecule has 106 valence electrons. The number of rotatable bonds is 4. The summed E-state index contributed by atoms with van der Waals surface area (Å²) in [5, 5.41) is 0. The summed E-state index contributed by atoms with van der Waals surface area (Å²) < 4.78 is 6.99. The van der Waals surface area contributed by atoms with Crippen molar-refractivity contribution in [2.45, 2.75) is 13.8 Å². The van der Waals surface area contributed by atoms with Gasteiger partial charge in [0.2, 0.25) is 0 Å². The van der Waals surface area contributed by atoms with Crippen LogP contribution in [0.2, 0.25) is 0 Å². The van der Waals surface area contributed by atoms with E-state index in [0.717, 1.165) is 10.5 Å². The summed E-state index contributed by atoms with van der Waals surface area (Å²) in [6, 6.07) is -0.395. The smallest absolute Gasteiger partial charge is 0.445 e. The summed E-state index contributed by atoms with van der Waals surface area (Å²) in [5.41, 5.74) is 0.801. The Morgan fingerprint density at radius 1 is 1.55 bits per heavy atom. The van der Waals surface area contributed by atoms with Crippen LogP contribution in [0.25, 0.3) is 0 Å². The highest BCUT2D eigenvalue weighted by Gasteiger charge is 2.49. The van der Waals surface area contributed by atoms with Crippen LogP contribution in [0, 0.1) is 5.92 Å². The monoisotopic (exact) mass is 276 g/mol. The number of ether oxygens (including phenoxy) is 1. The zero-order valence-corrected chi connectivity index (χ0v) is 11.9. The van der Waals surface area contributed by atoms with Crippen molar-refractivity contribution in [1.82, 2.24) is 4.90 Å². The Morgan fingerprint density at radius 3 is 2.85 bits per heavy atom. The second-order valence-corrected chi connectivity index (χ2v) is 4.61. The Labute approximate surface area is 117 Å². The second-order valence-electron chi connectivity index (χ2n) is 4.61. The van der Waals surface area contributed by atoms with Crippen LogP contribution in [-0.4, -0.2) is 53.7 Å². The molecule has 2 aliphatic heterocycles. The average Bonchev–Trinajstić information content (AvgIpc) is 2.43. The number of nitrogens with zero attached hydrogens (tertiary/aromatic N) is 3. The van der Waals surface area contributed by atoms with E-state index in [2.05, 4.69) is 11.6 Å². The van der Waals surface area contributed by atoms with Gasteiger partial charge >= 0.3 is 11.9 Å². The molecule has 0 N–H and O–H groups in total. The SMILES string of the molecule is C=CCN1C(=O)C2C(OCC)=C(C)C=NC2=[N+](C)C1=O. The zero-order valence-electron chi connectivity index (χ0n) is 11.9. The Morgan fingerprint density at radius 2 is 2.25 bits per heavy atom. The van der Waals surface area contributed by atoms with Crippen molar-refractivity contribution in [2.75, 3.05) is 20.2 Å². The van der Waals surface area contributed by atoms with Gasteiger partial charge in [-0.2, -0.15) is 9.48 Å². The van der Waals surface area contributed by atoms with Crippen molar-refractivity contribution in [2.24, 2.45) is 10.9 Å². The van der Waals surface area contributed by atoms with Gasteiger partial charge in [0.25, 0.3) is 5.84 Å². The molecular weight excluding hydrogens is 258 g/mol. The van der Waals surface area contributed by atoms with Crippen molar-refractivity contribution < 1.29 is 18.9 Å². The number of dihydropyridines is 1. The third kappa shape index (κ3) is 2.07. The summed E-state index contributed by atoms with van der Waals surface area (Å²) in [6.45, 7) is 7.90. The maximum atomic E-state index is 12.6. The Bertz CT molecular complexity index is 572. The third-order valence-electron chi connectivity index (χ3n) is 3.29. The molecule has 0 saturated carbocycles. The topological polar surface area (TPSA) is 62.0 Å². The van der Waals surface area contributed by atoms with E-state index in [1.54, 1.807) is 13.3 Å². The molecule has 0 aliphatic carbocycles. The number of urea groups is 1. The highest BCUT2D eigenvalue weighted by Crippen LogP contribution is 2.27. The van der Waals surface area contributed by atoms with Crippen molar-refractivity contribution in [3.8, 4) is 0 Å². The maximum Gasteiger partial charge on any atom is 0.445 e. The van der Waals surface area contributed by atoms with Crippen molar-refractivity contribution in [3.05, 3.63) is 24.0 Å². The Balaban J connectivity index is 2.55. The van der Waals surface area contributed by atoms with E-state index >= 15 is 0 Å². The predicted molar refractivity (Wildman–Crippen MR) is 74.8 cm³/mol. The molecule has 20 heavy (non-hydrogen) atoms. The molecule has 0 saturated heterocycles. The summed E-state index contributed by atoms with van der Waals surface area (Å²) >= 11 is 0. The van der Waals surface area contributed by atoms with Crippen LogP contribution in [0.15, 0.2) is 29.0 Å². The number of allylic oxidation sites excluding steroid dienone is 1. The molecular formula is C14H18N3O3+. The van der Waals surface area contributed by atoms with Crippen LogP contribution in [0.3, 0.4) is 0 Å². The molecule has 0 aromatic carbocycles. The van der Waals surface area contributed by atoms with E-state index in [4.69, 9.17) is 4.74 Å². The van der Waals surface area contributed by atoms with E-state index in [0.29, 0.717) is 18.2 Å². The van der Waals surface area contributed by atoms with Crippen LogP contribution in [0.1, 0.15) is 13.8 Å². The highest BCUT2D eigenvalue weighted by atomic mass is 16.5. The van der Waals surface area contributed by atoms with Gasteiger partial charge in [0.15, 0.2) is 5.92 Å². The molecule has 0 bridgehead atoms. The summed E-state index contributed by atoms with van der Waals surface area (Å²) in [7, 11) is 1.61. The van der Waals surface area contributed by atoms with Gasteiger partial charge in [-0.05, 0) is 13.8 Å². The number of amidine groups is 1. The minimum absolute atomic E-state index is 0.175. The minimum Gasteiger partial charge on any atom is -0.496 e. The van der Waals surface area contributed by atoms with Gasteiger partial charge in [0.05, 0.1) is 20.2 Å². The van der Waals surface area contributed by atoms with Gasteiger partial charge in [-0.25, -0.2) is 4.79 Å². The average molecular weight is 276 g/mol. The number of imide groups is 1.